The second kappa shape index (κ2) is 9.73. The molecule has 0 spiro atoms. The maximum atomic E-state index is 13.4. The molecule has 0 saturated heterocycles. The number of alkyl halides is 3. The predicted molar refractivity (Wildman–Crippen MR) is 128 cm³/mol. The fourth-order valence-corrected chi connectivity index (χ4v) is 3.82. The normalized spacial score (nSPS) is 15.9. The van der Waals surface area contributed by atoms with E-state index in [4.69, 9.17) is 21.1 Å². The Kier molecular flexibility index (Phi) is 6.75. The third kappa shape index (κ3) is 5.15. The van der Waals surface area contributed by atoms with Crippen molar-refractivity contribution in [3.8, 4) is 11.5 Å². The van der Waals surface area contributed by atoms with Crippen LogP contribution >= 0.6 is 11.6 Å². The molecule has 34 heavy (non-hydrogen) atoms. The van der Waals surface area contributed by atoms with Crippen LogP contribution in [0.15, 0.2) is 84.6 Å². The Labute approximate surface area is 200 Å². The summed E-state index contributed by atoms with van der Waals surface area (Å²) in [5, 5.41) is 1.83. The molecule has 176 valence electrons. The summed E-state index contributed by atoms with van der Waals surface area (Å²) in [6.07, 6.45) is 1.21. The van der Waals surface area contributed by atoms with Gasteiger partial charge in [-0.3, -0.25) is 10.4 Å². The third-order valence-corrected chi connectivity index (χ3v) is 5.75. The second-order valence-corrected chi connectivity index (χ2v) is 8.00. The van der Waals surface area contributed by atoms with Crippen molar-refractivity contribution in [2.75, 3.05) is 19.2 Å². The van der Waals surface area contributed by atoms with Crippen LogP contribution in [-0.4, -0.2) is 14.2 Å². The summed E-state index contributed by atoms with van der Waals surface area (Å²) in [6.45, 7) is 0. The molecular formula is C26H22ClF3N2O2. The third-order valence-electron chi connectivity index (χ3n) is 5.43. The quantitative estimate of drug-likeness (QED) is 0.405. The van der Waals surface area contributed by atoms with E-state index >= 15 is 0 Å². The van der Waals surface area contributed by atoms with E-state index in [1.165, 1.54) is 6.07 Å². The second-order valence-electron chi connectivity index (χ2n) is 7.59. The van der Waals surface area contributed by atoms with E-state index in [9.17, 15) is 13.2 Å². The molecule has 1 heterocycles. The van der Waals surface area contributed by atoms with Gasteiger partial charge in [-0.15, -0.1) is 0 Å². The topological polar surface area (TPSA) is 33.7 Å². The fourth-order valence-electron chi connectivity index (χ4n) is 3.61. The Morgan fingerprint density at radius 1 is 0.882 bits per heavy atom. The molecule has 0 aromatic heterocycles. The summed E-state index contributed by atoms with van der Waals surface area (Å²) in [5.74, 6) is 1.43. The maximum Gasteiger partial charge on any atom is 0.416 e. The highest BCUT2D eigenvalue weighted by atomic mass is 35.5. The van der Waals surface area contributed by atoms with Gasteiger partial charge in [0.25, 0.3) is 0 Å². The number of hydrazine groups is 1. The average Bonchev–Trinajstić information content (AvgIpc) is 3.26. The number of benzene rings is 3. The van der Waals surface area contributed by atoms with Crippen molar-refractivity contribution in [2.45, 2.75) is 12.2 Å². The van der Waals surface area contributed by atoms with Crippen molar-refractivity contribution in [2.24, 2.45) is 0 Å². The number of ether oxygens (including phenoxy) is 2. The van der Waals surface area contributed by atoms with Crippen LogP contribution in [0.5, 0.6) is 11.5 Å². The van der Waals surface area contributed by atoms with Gasteiger partial charge in [-0.1, -0.05) is 41.9 Å². The molecule has 4 rings (SSSR count). The van der Waals surface area contributed by atoms with Crippen molar-refractivity contribution in [3.63, 3.8) is 0 Å². The van der Waals surface area contributed by atoms with Gasteiger partial charge in [0.05, 0.1) is 42.2 Å². The van der Waals surface area contributed by atoms with Crippen LogP contribution in [0.3, 0.4) is 0 Å². The number of allylic oxidation sites excluding steroid dienone is 1. The molecule has 0 fully saturated rings. The SMILES string of the molecule is COc1ccc(/C=C/C2=C[C@H](c3ccc(OC)cc3)N(c3cc(C(F)(F)F)ccc3Cl)N2)cc1. The molecule has 0 bridgehead atoms. The predicted octanol–water partition coefficient (Wildman–Crippen LogP) is 7.04. The van der Waals surface area contributed by atoms with Crippen LogP contribution in [0.25, 0.3) is 6.08 Å². The van der Waals surface area contributed by atoms with Crippen LogP contribution in [0.2, 0.25) is 5.02 Å². The van der Waals surface area contributed by atoms with Crippen LogP contribution in [0, 0.1) is 0 Å². The van der Waals surface area contributed by atoms with E-state index in [1.54, 1.807) is 31.4 Å². The Balaban J connectivity index is 1.69. The van der Waals surface area contributed by atoms with E-state index in [2.05, 4.69) is 5.43 Å². The minimum atomic E-state index is -4.49. The van der Waals surface area contributed by atoms with E-state index < -0.39 is 17.8 Å². The van der Waals surface area contributed by atoms with Gasteiger partial charge in [0.1, 0.15) is 11.5 Å². The summed E-state index contributed by atoms with van der Waals surface area (Å²) in [4.78, 5) is 0. The number of rotatable bonds is 6. The van der Waals surface area contributed by atoms with E-state index in [-0.39, 0.29) is 10.7 Å². The van der Waals surface area contributed by atoms with Gasteiger partial charge in [0.2, 0.25) is 0 Å². The first kappa shape index (κ1) is 23.6. The lowest BCUT2D eigenvalue weighted by molar-refractivity contribution is -0.137. The molecule has 3 aromatic rings. The number of methoxy groups -OCH3 is 2. The number of nitrogens with zero attached hydrogens (tertiary/aromatic N) is 1. The van der Waals surface area contributed by atoms with Gasteiger partial charge in [-0.2, -0.15) is 13.2 Å². The first-order valence-corrected chi connectivity index (χ1v) is 10.8. The number of hydrogen-bond acceptors (Lipinski definition) is 4. The standard InChI is InChI=1S/C26H22ClF3N2O2/c1-33-21-10-4-17(5-11-21)3-9-20-16-24(18-6-12-22(34-2)13-7-18)32(31-20)25-15-19(26(28,29)30)8-14-23(25)27/h3-16,24,31H,1-2H3/b9-3+/t24-/m1/s1. The highest BCUT2D eigenvalue weighted by molar-refractivity contribution is 6.33. The Bertz CT molecular complexity index is 1210. The zero-order valence-corrected chi connectivity index (χ0v) is 19.2. The molecule has 4 nitrogen and oxygen atoms in total. The molecule has 0 radical (unpaired) electrons. The largest absolute Gasteiger partial charge is 0.497 e. The molecule has 0 saturated carbocycles. The number of nitrogens with one attached hydrogen (secondary N) is 1. The van der Waals surface area contributed by atoms with Gasteiger partial charge in [0.15, 0.2) is 0 Å². The Morgan fingerprint density at radius 2 is 1.50 bits per heavy atom. The Hall–Kier alpha value is -3.58. The lowest BCUT2D eigenvalue weighted by Gasteiger charge is -2.29. The van der Waals surface area contributed by atoms with E-state index in [0.717, 1.165) is 29.0 Å². The van der Waals surface area contributed by atoms with Gasteiger partial charge in [0, 0.05) is 0 Å². The number of hydrogen-bond donors (Lipinski definition) is 1. The van der Waals surface area contributed by atoms with Crippen LogP contribution < -0.4 is 19.9 Å². The van der Waals surface area contributed by atoms with Crippen LogP contribution in [0.4, 0.5) is 18.9 Å². The molecule has 1 aliphatic rings. The van der Waals surface area contributed by atoms with E-state index in [1.807, 2.05) is 54.6 Å². The molecular weight excluding hydrogens is 465 g/mol. The van der Waals surface area contributed by atoms with Crippen molar-refractivity contribution in [1.29, 1.82) is 0 Å². The molecule has 0 aliphatic carbocycles. The molecule has 1 atom stereocenters. The minimum Gasteiger partial charge on any atom is -0.497 e. The van der Waals surface area contributed by atoms with Gasteiger partial charge >= 0.3 is 6.18 Å². The van der Waals surface area contributed by atoms with Crippen molar-refractivity contribution >= 4 is 23.4 Å². The van der Waals surface area contributed by atoms with Crippen LogP contribution in [0.1, 0.15) is 22.7 Å². The first-order chi connectivity index (χ1) is 16.3. The summed E-state index contributed by atoms with van der Waals surface area (Å²) < 4.78 is 50.6. The van der Waals surface area contributed by atoms with Gasteiger partial charge < -0.3 is 9.47 Å². The monoisotopic (exact) mass is 486 g/mol. The summed E-state index contributed by atoms with van der Waals surface area (Å²) in [6, 6.07) is 17.8. The smallest absolute Gasteiger partial charge is 0.416 e. The van der Waals surface area contributed by atoms with Crippen molar-refractivity contribution < 1.29 is 22.6 Å². The number of halogens is 4. The highest BCUT2D eigenvalue weighted by Crippen LogP contribution is 2.40. The molecule has 1 aliphatic heterocycles. The molecule has 1 N–H and O–H groups in total. The molecule has 0 amide bonds. The fraction of sp³-hybridized carbons (Fsp3) is 0.154. The van der Waals surface area contributed by atoms with Crippen molar-refractivity contribution in [3.05, 3.63) is 106 Å². The lowest BCUT2D eigenvalue weighted by Crippen LogP contribution is -2.34. The lowest BCUT2D eigenvalue weighted by atomic mass is 10.0. The average molecular weight is 487 g/mol. The first-order valence-electron chi connectivity index (χ1n) is 10.4. The zero-order valence-electron chi connectivity index (χ0n) is 18.4. The van der Waals surface area contributed by atoms with Crippen LogP contribution in [-0.2, 0) is 6.18 Å². The Morgan fingerprint density at radius 3 is 2.09 bits per heavy atom. The summed E-state index contributed by atoms with van der Waals surface area (Å²) in [7, 11) is 3.17. The zero-order chi connectivity index (χ0) is 24.3. The highest BCUT2D eigenvalue weighted by Gasteiger charge is 2.33. The van der Waals surface area contributed by atoms with Gasteiger partial charge in [-0.05, 0) is 65.7 Å². The maximum absolute atomic E-state index is 13.4. The number of anilines is 1. The summed E-state index contributed by atoms with van der Waals surface area (Å²) in [5.41, 5.74) is 5.16. The van der Waals surface area contributed by atoms with Gasteiger partial charge in [-0.25, -0.2) is 0 Å². The molecule has 8 heteroatoms. The van der Waals surface area contributed by atoms with Crippen molar-refractivity contribution in [1.82, 2.24) is 5.43 Å². The molecule has 3 aromatic carbocycles. The van der Waals surface area contributed by atoms with E-state index in [0.29, 0.717) is 11.4 Å². The molecule has 0 unspecified atom stereocenters. The minimum absolute atomic E-state index is 0.202. The summed E-state index contributed by atoms with van der Waals surface area (Å²) >= 11 is 6.35.